The third-order valence-electron chi connectivity index (χ3n) is 3.66. The highest BCUT2D eigenvalue weighted by molar-refractivity contribution is 5.76. The van der Waals surface area contributed by atoms with Gasteiger partial charge in [-0.3, -0.25) is 4.79 Å². The van der Waals surface area contributed by atoms with Gasteiger partial charge >= 0.3 is 0 Å². The van der Waals surface area contributed by atoms with Gasteiger partial charge in [-0.2, -0.15) is 0 Å². The van der Waals surface area contributed by atoms with Gasteiger partial charge in [0.15, 0.2) is 0 Å². The smallest absolute Gasteiger partial charge is 0.220 e. The van der Waals surface area contributed by atoms with Crippen LogP contribution in [0.4, 0.5) is 4.39 Å². The predicted molar refractivity (Wildman–Crippen MR) is 73.4 cm³/mol. The first-order chi connectivity index (χ1) is 9.15. The zero-order chi connectivity index (χ0) is 13.7. The van der Waals surface area contributed by atoms with E-state index in [1.54, 1.807) is 12.1 Å². The Morgan fingerprint density at radius 3 is 2.84 bits per heavy atom. The van der Waals surface area contributed by atoms with Crippen LogP contribution in [-0.2, 0) is 11.2 Å². The highest BCUT2D eigenvalue weighted by Gasteiger charge is 2.21. The number of carbonyl (C=O) groups is 1. The fourth-order valence-corrected chi connectivity index (χ4v) is 2.43. The van der Waals surface area contributed by atoms with Crippen LogP contribution in [0.3, 0.4) is 0 Å². The van der Waals surface area contributed by atoms with E-state index < -0.39 is 0 Å². The lowest BCUT2D eigenvalue weighted by Gasteiger charge is -2.30. The highest BCUT2D eigenvalue weighted by atomic mass is 19.1. The molecule has 1 fully saturated rings. The van der Waals surface area contributed by atoms with Crippen LogP contribution in [-0.4, -0.2) is 24.5 Å². The molecule has 2 rings (SSSR count). The van der Waals surface area contributed by atoms with Crippen molar-refractivity contribution >= 4 is 5.91 Å². The Balaban J connectivity index is 1.76. The number of benzene rings is 1. The van der Waals surface area contributed by atoms with Gasteiger partial charge < -0.3 is 10.6 Å². The molecular formula is C15H21FN2O. The van der Waals surface area contributed by atoms with Gasteiger partial charge in [0.25, 0.3) is 0 Å². The second-order valence-electron chi connectivity index (χ2n) is 5.19. The zero-order valence-electron chi connectivity index (χ0n) is 11.3. The number of amides is 1. The molecule has 0 radical (unpaired) electrons. The van der Waals surface area contributed by atoms with E-state index in [4.69, 9.17) is 0 Å². The van der Waals surface area contributed by atoms with Gasteiger partial charge in [-0.25, -0.2) is 4.39 Å². The number of carbonyl (C=O) groups excluding carboxylic acids is 1. The third kappa shape index (κ3) is 4.31. The summed E-state index contributed by atoms with van der Waals surface area (Å²) < 4.78 is 12.8. The van der Waals surface area contributed by atoms with E-state index in [9.17, 15) is 9.18 Å². The molecule has 0 saturated carbocycles. The number of hydrogen-bond acceptors (Lipinski definition) is 2. The molecule has 2 atom stereocenters. The minimum Gasteiger partial charge on any atom is -0.352 e. The van der Waals surface area contributed by atoms with Crippen LogP contribution in [0.5, 0.6) is 0 Å². The Morgan fingerprint density at radius 2 is 2.16 bits per heavy atom. The number of piperidine rings is 1. The van der Waals surface area contributed by atoms with Gasteiger partial charge in [0.1, 0.15) is 5.82 Å². The molecule has 1 heterocycles. The number of rotatable bonds is 4. The monoisotopic (exact) mass is 264 g/mol. The van der Waals surface area contributed by atoms with Crippen molar-refractivity contribution in [1.29, 1.82) is 0 Å². The molecular weight excluding hydrogens is 243 g/mol. The molecule has 19 heavy (non-hydrogen) atoms. The van der Waals surface area contributed by atoms with Gasteiger partial charge in [0.2, 0.25) is 5.91 Å². The van der Waals surface area contributed by atoms with E-state index in [0.717, 1.165) is 24.9 Å². The van der Waals surface area contributed by atoms with Crippen LogP contribution in [0.25, 0.3) is 0 Å². The molecule has 1 amide bonds. The summed E-state index contributed by atoms with van der Waals surface area (Å²) in [4.78, 5) is 11.9. The highest BCUT2D eigenvalue weighted by Crippen LogP contribution is 2.09. The van der Waals surface area contributed by atoms with Crippen LogP contribution in [0, 0.1) is 5.82 Å². The molecule has 1 aliphatic rings. The molecule has 2 N–H and O–H groups in total. The molecule has 4 heteroatoms. The lowest BCUT2D eigenvalue weighted by molar-refractivity contribution is -0.122. The normalized spacial score (nSPS) is 23.1. The molecule has 2 unspecified atom stereocenters. The molecule has 3 nitrogen and oxygen atoms in total. The Bertz CT molecular complexity index is 419. The molecule has 104 valence electrons. The first-order valence-corrected chi connectivity index (χ1v) is 6.92. The molecule has 1 aliphatic heterocycles. The molecule has 0 spiro atoms. The van der Waals surface area contributed by atoms with E-state index in [-0.39, 0.29) is 17.8 Å². The summed E-state index contributed by atoms with van der Waals surface area (Å²) >= 11 is 0. The maximum absolute atomic E-state index is 12.8. The van der Waals surface area contributed by atoms with Crippen LogP contribution in [0.15, 0.2) is 24.3 Å². The van der Waals surface area contributed by atoms with Gasteiger partial charge in [0, 0.05) is 18.5 Å². The quantitative estimate of drug-likeness (QED) is 0.873. The molecule has 0 aliphatic carbocycles. The number of halogens is 1. The van der Waals surface area contributed by atoms with Crippen molar-refractivity contribution in [3.63, 3.8) is 0 Å². The Morgan fingerprint density at radius 1 is 1.42 bits per heavy atom. The van der Waals surface area contributed by atoms with Gasteiger partial charge in [-0.1, -0.05) is 12.1 Å². The number of hydrogen-bond donors (Lipinski definition) is 2. The largest absolute Gasteiger partial charge is 0.352 e. The topological polar surface area (TPSA) is 41.1 Å². The fourth-order valence-electron chi connectivity index (χ4n) is 2.43. The lowest BCUT2D eigenvalue weighted by Crippen LogP contribution is -2.51. The summed E-state index contributed by atoms with van der Waals surface area (Å²) in [6.07, 6.45) is 3.25. The molecule has 0 aromatic heterocycles. The summed E-state index contributed by atoms with van der Waals surface area (Å²) in [6, 6.07) is 6.89. The van der Waals surface area contributed by atoms with Crippen molar-refractivity contribution in [2.24, 2.45) is 0 Å². The first kappa shape index (κ1) is 14.0. The van der Waals surface area contributed by atoms with Gasteiger partial charge in [-0.15, -0.1) is 0 Å². The number of aryl methyl sites for hydroxylation is 1. The average Bonchev–Trinajstić information content (AvgIpc) is 2.41. The molecule has 1 aromatic carbocycles. The maximum atomic E-state index is 12.8. The van der Waals surface area contributed by atoms with Crippen LogP contribution < -0.4 is 10.6 Å². The van der Waals surface area contributed by atoms with Crippen LogP contribution >= 0.6 is 0 Å². The van der Waals surface area contributed by atoms with E-state index in [1.165, 1.54) is 12.1 Å². The van der Waals surface area contributed by atoms with E-state index in [0.29, 0.717) is 18.9 Å². The Hall–Kier alpha value is -1.42. The van der Waals surface area contributed by atoms with Crippen molar-refractivity contribution in [1.82, 2.24) is 10.6 Å². The summed E-state index contributed by atoms with van der Waals surface area (Å²) in [6.45, 7) is 3.13. The molecule has 1 saturated heterocycles. The van der Waals surface area contributed by atoms with E-state index in [1.807, 2.05) is 0 Å². The van der Waals surface area contributed by atoms with Gasteiger partial charge in [-0.05, 0) is 50.4 Å². The summed E-state index contributed by atoms with van der Waals surface area (Å²) in [7, 11) is 0. The maximum Gasteiger partial charge on any atom is 0.220 e. The summed E-state index contributed by atoms with van der Waals surface area (Å²) in [5, 5.41) is 6.44. The Labute approximate surface area is 113 Å². The lowest BCUT2D eigenvalue weighted by atomic mass is 9.99. The first-order valence-electron chi connectivity index (χ1n) is 6.92. The summed E-state index contributed by atoms with van der Waals surface area (Å²) in [5.74, 6) is -0.166. The van der Waals surface area contributed by atoms with E-state index >= 15 is 0 Å². The average molecular weight is 264 g/mol. The van der Waals surface area contributed by atoms with Crippen molar-refractivity contribution in [3.8, 4) is 0 Å². The minimum atomic E-state index is -0.240. The SMILES string of the molecule is CC1NCCCC1NC(=O)CCc1ccc(F)cc1. The van der Waals surface area contributed by atoms with E-state index in [2.05, 4.69) is 17.6 Å². The predicted octanol–water partition coefficient (Wildman–Crippen LogP) is 2.01. The number of nitrogens with one attached hydrogen (secondary N) is 2. The second-order valence-corrected chi connectivity index (χ2v) is 5.19. The van der Waals surface area contributed by atoms with Crippen molar-refractivity contribution in [3.05, 3.63) is 35.6 Å². The van der Waals surface area contributed by atoms with Gasteiger partial charge in [0.05, 0.1) is 0 Å². The molecule has 1 aromatic rings. The van der Waals surface area contributed by atoms with Crippen molar-refractivity contribution < 1.29 is 9.18 Å². The standard InChI is InChI=1S/C15H21FN2O/c1-11-14(3-2-10-17-11)18-15(19)9-6-12-4-7-13(16)8-5-12/h4-5,7-8,11,14,17H,2-3,6,9-10H2,1H3,(H,18,19). The van der Waals surface area contributed by atoms with Crippen LogP contribution in [0.2, 0.25) is 0 Å². The minimum absolute atomic E-state index is 0.0740. The zero-order valence-corrected chi connectivity index (χ0v) is 11.3. The van der Waals surface area contributed by atoms with Crippen molar-refractivity contribution in [2.75, 3.05) is 6.54 Å². The second kappa shape index (κ2) is 6.66. The summed E-state index contributed by atoms with van der Waals surface area (Å²) in [5.41, 5.74) is 0.992. The third-order valence-corrected chi connectivity index (χ3v) is 3.66. The fraction of sp³-hybridized carbons (Fsp3) is 0.533. The van der Waals surface area contributed by atoms with Crippen LogP contribution in [0.1, 0.15) is 31.7 Å². The van der Waals surface area contributed by atoms with Crippen molar-refractivity contribution in [2.45, 2.75) is 44.7 Å². The molecule has 0 bridgehead atoms. The Kier molecular flexibility index (Phi) is 4.91.